The fourth-order valence-electron chi connectivity index (χ4n) is 2.58. The summed E-state index contributed by atoms with van der Waals surface area (Å²) in [5.41, 5.74) is 2.31. The van der Waals surface area contributed by atoms with E-state index in [2.05, 4.69) is 10.5 Å². The summed E-state index contributed by atoms with van der Waals surface area (Å²) in [5.74, 6) is 0.168. The van der Waals surface area contributed by atoms with Crippen LogP contribution < -0.4 is 14.9 Å². The van der Waals surface area contributed by atoms with Gasteiger partial charge in [0.15, 0.2) is 11.5 Å². The van der Waals surface area contributed by atoms with Gasteiger partial charge in [-0.1, -0.05) is 29.8 Å². The molecule has 0 bridgehead atoms. The second kappa shape index (κ2) is 6.86. The monoisotopic (exact) mass is 403 g/mol. The van der Waals surface area contributed by atoms with Gasteiger partial charge in [0, 0.05) is 10.1 Å². The molecule has 8 nitrogen and oxygen atoms in total. The van der Waals surface area contributed by atoms with Crippen molar-refractivity contribution >= 4 is 50.8 Å². The van der Waals surface area contributed by atoms with Crippen LogP contribution in [-0.2, 0) is 0 Å². The lowest BCUT2D eigenvalue weighted by Crippen LogP contribution is -2.16. The summed E-state index contributed by atoms with van der Waals surface area (Å²) >= 11 is 7.50. The van der Waals surface area contributed by atoms with Gasteiger partial charge in [0.1, 0.15) is 4.88 Å². The molecule has 1 N–H and O–H groups in total. The quantitative estimate of drug-likeness (QED) is 0.403. The van der Waals surface area contributed by atoms with Gasteiger partial charge in [-0.25, -0.2) is 5.43 Å². The van der Waals surface area contributed by atoms with Gasteiger partial charge in [-0.2, -0.15) is 5.10 Å². The second-order valence-electron chi connectivity index (χ2n) is 5.46. The highest BCUT2D eigenvalue weighted by Gasteiger charge is 2.22. The summed E-state index contributed by atoms with van der Waals surface area (Å²) in [6.45, 7) is -0.00570. The SMILES string of the molecule is O=C(N/N=C/c1cc2c(cc1[N+](=O)[O-])OCO2)c1sc2ccccc2c1Cl. The summed E-state index contributed by atoms with van der Waals surface area (Å²) in [6, 6.07) is 10.1. The molecule has 0 spiro atoms. The molecule has 27 heavy (non-hydrogen) atoms. The average Bonchev–Trinajstić information content (AvgIpc) is 3.25. The van der Waals surface area contributed by atoms with Crippen molar-refractivity contribution in [2.75, 3.05) is 6.79 Å². The maximum atomic E-state index is 12.4. The van der Waals surface area contributed by atoms with Crippen LogP contribution in [0.1, 0.15) is 15.2 Å². The summed E-state index contributed by atoms with van der Waals surface area (Å²) in [7, 11) is 0. The minimum absolute atomic E-state index is 0.00570. The smallest absolute Gasteiger partial charge is 0.283 e. The minimum atomic E-state index is -0.562. The summed E-state index contributed by atoms with van der Waals surface area (Å²) in [5, 5.41) is 16.2. The van der Waals surface area contributed by atoms with Crippen LogP contribution in [0, 0.1) is 10.1 Å². The topological polar surface area (TPSA) is 103 Å². The molecule has 136 valence electrons. The number of nitrogens with zero attached hydrogens (tertiary/aromatic N) is 2. The van der Waals surface area contributed by atoms with E-state index in [0.717, 1.165) is 10.1 Å². The van der Waals surface area contributed by atoms with Gasteiger partial charge in [0.05, 0.1) is 27.8 Å². The molecule has 0 radical (unpaired) electrons. The molecule has 1 aliphatic rings. The van der Waals surface area contributed by atoms with Crippen LogP contribution in [-0.4, -0.2) is 23.8 Å². The van der Waals surface area contributed by atoms with E-state index < -0.39 is 10.8 Å². The molecule has 0 saturated carbocycles. The molecule has 1 aromatic heterocycles. The first-order valence-corrected chi connectivity index (χ1v) is 8.82. The molecule has 0 fully saturated rings. The van der Waals surface area contributed by atoms with Crippen LogP contribution in [0.5, 0.6) is 11.5 Å². The number of nitro benzene ring substituents is 1. The highest BCUT2D eigenvalue weighted by atomic mass is 35.5. The lowest BCUT2D eigenvalue weighted by molar-refractivity contribution is -0.385. The number of amides is 1. The van der Waals surface area contributed by atoms with Crippen LogP contribution in [0.25, 0.3) is 10.1 Å². The molecule has 3 aromatic rings. The predicted molar refractivity (Wildman–Crippen MR) is 101 cm³/mol. The Kier molecular flexibility index (Phi) is 4.38. The fourth-order valence-corrected chi connectivity index (χ4v) is 3.99. The Morgan fingerprint density at radius 2 is 2.04 bits per heavy atom. The molecule has 10 heteroatoms. The Morgan fingerprint density at radius 3 is 2.78 bits per heavy atom. The Hall–Kier alpha value is -3.17. The normalized spacial score (nSPS) is 12.6. The first kappa shape index (κ1) is 17.3. The maximum Gasteiger partial charge on any atom is 0.283 e. The Labute approximate surface area is 161 Å². The first-order valence-electron chi connectivity index (χ1n) is 7.63. The number of rotatable bonds is 4. The van der Waals surface area contributed by atoms with Gasteiger partial charge in [-0.15, -0.1) is 11.3 Å². The summed E-state index contributed by atoms with van der Waals surface area (Å²) in [6.07, 6.45) is 1.18. The number of ether oxygens (including phenoxy) is 2. The molecular weight excluding hydrogens is 394 g/mol. The molecule has 1 amide bonds. The number of carbonyl (C=O) groups excluding carboxylic acids is 1. The molecule has 0 unspecified atom stereocenters. The lowest BCUT2D eigenvalue weighted by atomic mass is 10.1. The number of hydrazone groups is 1. The number of nitro groups is 1. The lowest BCUT2D eigenvalue weighted by Gasteiger charge is -2.01. The molecule has 2 heterocycles. The van der Waals surface area contributed by atoms with Crippen LogP contribution in [0.15, 0.2) is 41.5 Å². The standard InChI is InChI=1S/C17H10ClN3O5S/c18-15-10-3-1-2-4-14(10)27-16(15)17(22)20-19-7-9-5-12-13(26-8-25-12)6-11(9)21(23)24/h1-7H,8H2,(H,20,22)/b19-7+. The van der Waals surface area contributed by atoms with E-state index in [9.17, 15) is 14.9 Å². The Bertz CT molecular complexity index is 1110. The third kappa shape index (κ3) is 3.18. The zero-order valence-corrected chi connectivity index (χ0v) is 15.0. The highest BCUT2D eigenvalue weighted by molar-refractivity contribution is 7.21. The van der Waals surface area contributed by atoms with Crippen molar-refractivity contribution < 1.29 is 19.2 Å². The van der Waals surface area contributed by atoms with Crippen molar-refractivity contribution in [3.8, 4) is 11.5 Å². The minimum Gasteiger partial charge on any atom is -0.454 e. The van der Waals surface area contributed by atoms with Crippen LogP contribution >= 0.6 is 22.9 Å². The second-order valence-corrected chi connectivity index (χ2v) is 6.89. The van der Waals surface area contributed by atoms with Gasteiger partial charge < -0.3 is 9.47 Å². The maximum absolute atomic E-state index is 12.4. The van der Waals surface area contributed by atoms with Gasteiger partial charge in [0.2, 0.25) is 6.79 Å². The number of hydrogen-bond donors (Lipinski definition) is 1. The van der Waals surface area contributed by atoms with E-state index in [4.69, 9.17) is 21.1 Å². The molecule has 0 aliphatic carbocycles. The average molecular weight is 404 g/mol. The fraction of sp³-hybridized carbons (Fsp3) is 0.0588. The highest BCUT2D eigenvalue weighted by Crippen LogP contribution is 2.37. The van der Waals surface area contributed by atoms with Gasteiger partial charge in [-0.3, -0.25) is 14.9 Å². The van der Waals surface area contributed by atoms with E-state index >= 15 is 0 Å². The third-order valence-electron chi connectivity index (χ3n) is 3.83. The Morgan fingerprint density at radius 1 is 1.30 bits per heavy atom. The first-order chi connectivity index (χ1) is 13.0. The molecular formula is C17H10ClN3O5S. The summed E-state index contributed by atoms with van der Waals surface area (Å²) in [4.78, 5) is 23.3. The van der Waals surface area contributed by atoms with Gasteiger partial charge >= 0.3 is 0 Å². The number of carbonyl (C=O) groups is 1. The predicted octanol–water partition coefficient (Wildman–Crippen LogP) is 3.96. The molecule has 0 atom stereocenters. The number of hydrogen-bond acceptors (Lipinski definition) is 7. The van der Waals surface area contributed by atoms with Gasteiger partial charge in [0.25, 0.3) is 11.6 Å². The molecule has 0 saturated heterocycles. The van der Waals surface area contributed by atoms with Crippen LogP contribution in [0.2, 0.25) is 5.02 Å². The van der Waals surface area contributed by atoms with E-state index in [1.807, 2.05) is 24.3 Å². The van der Waals surface area contributed by atoms with Crippen molar-refractivity contribution in [2.45, 2.75) is 0 Å². The van der Waals surface area contributed by atoms with Crippen LogP contribution in [0.3, 0.4) is 0 Å². The zero-order valence-electron chi connectivity index (χ0n) is 13.5. The van der Waals surface area contributed by atoms with E-state index in [-0.39, 0.29) is 18.0 Å². The molecule has 1 aliphatic heterocycles. The van der Waals surface area contributed by atoms with Gasteiger partial charge in [-0.05, 0) is 12.1 Å². The summed E-state index contributed by atoms with van der Waals surface area (Å²) < 4.78 is 11.2. The number of thiophene rings is 1. The Balaban J connectivity index is 1.58. The zero-order chi connectivity index (χ0) is 19.0. The van der Waals surface area contributed by atoms with E-state index in [0.29, 0.717) is 21.4 Å². The number of halogens is 1. The van der Waals surface area contributed by atoms with Crippen molar-refractivity contribution in [1.29, 1.82) is 0 Å². The van der Waals surface area contributed by atoms with Crippen molar-refractivity contribution in [3.63, 3.8) is 0 Å². The van der Waals surface area contributed by atoms with Crippen molar-refractivity contribution in [2.24, 2.45) is 5.10 Å². The van der Waals surface area contributed by atoms with Crippen LogP contribution in [0.4, 0.5) is 5.69 Å². The number of benzene rings is 2. The van der Waals surface area contributed by atoms with E-state index in [1.54, 1.807) is 0 Å². The number of fused-ring (bicyclic) bond motifs is 2. The van der Waals surface area contributed by atoms with E-state index in [1.165, 1.54) is 29.7 Å². The number of nitrogens with one attached hydrogen (secondary N) is 1. The third-order valence-corrected chi connectivity index (χ3v) is 5.50. The van der Waals surface area contributed by atoms with Crippen molar-refractivity contribution in [1.82, 2.24) is 5.43 Å². The largest absolute Gasteiger partial charge is 0.454 e. The molecule has 2 aromatic carbocycles. The van der Waals surface area contributed by atoms with Crippen molar-refractivity contribution in [3.05, 3.63) is 62.0 Å². The molecule has 4 rings (SSSR count).